The highest BCUT2D eigenvalue weighted by atomic mass is 15.2. The molecule has 82 valence electrons. The molecule has 15 heavy (non-hydrogen) atoms. The number of benzene rings is 1. The number of nitrogens with two attached hydrogens (primary N) is 1. The molecule has 4 N–H and O–H groups in total. The number of nitrogens with zero attached hydrogens (tertiary/aromatic N) is 1. The van der Waals surface area contributed by atoms with Gasteiger partial charge in [0.15, 0.2) is 0 Å². The standard InChI is InChI=1S/C11H18N4/c12-14-9-10-1-3-11(4-2-10)15-7-5-13-6-8-15/h1-4,13-14H,5-9,12H2. The second kappa shape index (κ2) is 5.11. The van der Waals surface area contributed by atoms with Crippen LogP contribution in [0.5, 0.6) is 0 Å². The van der Waals surface area contributed by atoms with E-state index in [0.29, 0.717) is 0 Å². The fraction of sp³-hybridized carbons (Fsp3) is 0.455. The van der Waals surface area contributed by atoms with Crippen LogP contribution >= 0.6 is 0 Å². The largest absolute Gasteiger partial charge is 0.369 e. The van der Waals surface area contributed by atoms with E-state index in [1.165, 1.54) is 11.3 Å². The third kappa shape index (κ3) is 2.68. The van der Waals surface area contributed by atoms with Crippen molar-refractivity contribution in [3.05, 3.63) is 29.8 Å². The third-order valence-corrected chi connectivity index (χ3v) is 2.72. The third-order valence-electron chi connectivity index (χ3n) is 2.72. The van der Waals surface area contributed by atoms with Gasteiger partial charge in [0.2, 0.25) is 0 Å². The molecule has 1 aromatic carbocycles. The maximum absolute atomic E-state index is 5.27. The number of anilines is 1. The van der Waals surface area contributed by atoms with E-state index in [1.807, 2.05) is 0 Å². The van der Waals surface area contributed by atoms with Gasteiger partial charge >= 0.3 is 0 Å². The van der Waals surface area contributed by atoms with Crippen molar-refractivity contribution in [1.82, 2.24) is 10.7 Å². The number of piperazine rings is 1. The number of nitrogens with one attached hydrogen (secondary N) is 2. The Labute approximate surface area is 90.4 Å². The van der Waals surface area contributed by atoms with Gasteiger partial charge in [-0.25, -0.2) is 0 Å². The van der Waals surface area contributed by atoms with E-state index in [4.69, 9.17) is 5.84 Å². The summed E-state index contributed by atoms with van der Waals surface area (Å²) >= 11 is 0. The van der Waals surface area contributed by atoms with Crippen LogP contribution in [0.4, 0.5) is 5.69 Å². The first-order chi connectivity index (χ1) is 7.40. The lowest BCUT2D eigenvalue weighted by molar-refractivity contribution is 0.589. The lowest BCUT2D eigenvalue weighted by Crippen LogP contribution is -2.43. The van der Waals surface area contributed by atoms with Gasteiger partial charge in [-0.1, -0.05) is 12.1 Å². The quantitative estimate of drug-likeness (QED) is 0.483. The van der Waals surface area contributed by atoms with Gasteiger partial charge in [-0.2, -0.15) is 0 Å². The summed E-state index contributed by atoms with van der Waals surface area (Å²) in [5, 5.41) is 3.35. The summed E-state index contributed by atoms with van der Waals surface area (Å²) in [5.41, 5.74) is 5.18. The molecule has 1 fully saturated rings. The summed E-state index contributed by atoms with van der Waals surface area (Å²) in [7, 11) is 0. The van der Waals surface area contributed by atoms with Crippen LogP contribution < -0.4 is 21.5 Å². The van der Waals surface area contributed by atoms with Crippen LogP contribution in [0.15, 0.2) is 24.3 Å². The van der Waals surface area contributed by atoms with Crippen molar-refractivity contribution in [3.63, 3.8) is 0 Å². The van der Waals surface area contributed by atoms with Crippen molar-refractivity contribution in [3.8, 4) is 0 Å². The molecule has 0 amide bonds. The molecule has 0 aliphatic carbocycles. The Hall–Kier alpha value is -1.10. The predicted molar refractivity (Wildman–Crippen MR) is 62.6 cm³/mol. The molecule has 0 bridgehead atoms. The van der Waals surface area contributed by atoms with Crippen LogP contribution in [-0.2, 0) is 6.54 Å². The minimum Gasteiger partial charge on any atom is -0.369 e. The molecule has 0 radical (unpaired) electrons. The van der Waals surface area contributed by atoms with Crippen molar-refractivity contribution in [2.24, 2.45) is 5.84 Å². The second-order valence-electron chi connectivity index (χ2n) is 3.78. The smallest absolute Gasteiger partial charge is 0.0367 e. The van der Waals surface area contributed by atoms with Gasteiger partial charge < -0.3 is 10.2 Å². The molecule has 0 unspecified atom stereocenters. The Morgan fingerprint density at radius 2 is 1.87 bits per heavy atom. The molecule has 4 nitrogen and oxygen atoms in total. The zero-order valence-corrected chi connectivity index (χ0v) is 8.87. The molecule has 0 saturated carbocycles. The molecule has 0 aromatic heterocycles. The molecule has 1 aliphatic rings. The van der Waals surface area contributed by atoms with E-state index in [9.17, 15) is 0 Å². The van der Waals surface area contributed by atoms with E-state index in [2.05, 4.69) is 39.9 Å². The van der Waals surface area contributed by atoms with Gasteiger partial charge in [-0.3, -0.25) is 11.3 Å². The normalized spacial score (nSPS) is 16.7. The number of rotatable bonds is 3. The lowest BCUT2D eigenvalue weighted by Gasteiger charge is -2.29. The lowest BCUT2D eigenvalue weighted by atomic mass is 10.2. The summed E-state index contributed by atoms with van der Waals surface area (Å²) in [5.74, 6) is 5.27. The zero-order chi connectivity index (χ0) is 10.5. The summed E-state index contributed by atoms with van der Waals surface area (Å²) in [4.78, 5) is 2.40. The van der Waals surface area contributed by atoms with E-state index in [0.717, 1.165) is 32.7 Å². The van der Waals surface area contributed by atoms with Crippen LogP contribution in [0, 0.1) is 0 Å². The molecule has 1 aliphatic heterocycles. The van der Waals surface area contributed by atoms with Gasteiger partial charge in [0.1, 0.15) is 0 Å². The maximum atomic E-state index is 5.27. The SMILES string of the molecule is NNCc1ccc(N2CCNCC2)cc1. The van der Waals surface area contributed by atoms with Crippen LogP contribution in [0.1, 0.15) is 5.56 Å². The highest BCUT2D eigenvalue weighted by Crippen LogP contribution is 2.15. The van der Waals surface area contributed by atoms with Gasteiger partial charge in [-0.15, -0.1) is 0 Å². The second-order valence-corrected chi connectivity index (χ2v) is 3.78. The predicted octanol–water partition coefficient (Wildman–Crippen LogP) is 0.0595. The molecule has 0 spiro atoms. The highest BCUT2D eigenvalue weighted by molar-refractivity contribution is 5.48. The van der Waals surface area contributed by atoms with Gasteiger partial charge in [-0.05, 0) is 17.7 Å². The average molecular weight is 206 g/mol. The summed E-state index contributed by atoms with van der Waals surface area (Å²) in [6.07, 6.45) is 0. The van der Waals surface area contributed by atoms with Crippen molar-refractivity contribution in [2.75, 3.05) is 31.1 Å². The minimum atomic E-state index is 0.724. The summed E-state index contributed by atoms with van der Waals surface area (Å²) < 4.78 is 0. The summed E-state index contributed by atoms with van der Waals surface area (Å²) in [6.45, 7) is 5.06. The number of hydrazine groups is 1. The van der Waals surface area contributed by atoms with Crippen molar-refractivity contribution in [2.45, 2.75) is 6.54 Å². The molecule has 4 heteroatoms. The Kier molecular flexibility index (Phi) is 3.55. The zero-order valence-electron chi connectivity index (χ0n) is 8.87. The first-order valence-corrected chi connectivity index (χ1v) is 5.38. The fourth-order valence-corrected chi connectivity index (χ4v) is 1.87. The molecule has 1 saturated heterocycles. The summed E-state index contributed by atoms with van der Waals surface area (Å²) in [6, 6.07) is 8.57. The highest BCUT2D eigenvalue weighted by Gasteiger charge is 2.09. The van der Waals surface area contributed by atoms with Crippen molar-refractivity contribution >= 4 is 5.69 Å². The Morgan fingerprint density at radius 3 is 2.47 bits per heavy atom. The van der Waals surface area contributed by atoms with Crippen molar-refractivity contribution in [1.29, 1.82) is 0 Å². The Morgan fingerprint density at radius 1 is 1.20 bits per heavy atom. The fourth-order valence-electron chi connectivity index (χ4n) is 1.87. The Balaban J connectivity index is 2.02. The maximum Gasteiger partial charge on any atom is 0.0367 e. The molecule has 1 heterocycles. The number of hydrogen-bond acceptors (Lipinski definition) is 4. The molecule has 2 rings (SSSR count). The van der Waals surface area contributed by atoms with E-state index in [-0.39, 0.29) is 0 Å². The number of hydrogen-bond donors (Lipinski definition) is 3. The van der Waals surface area contributed by atoms with Gasteiger partial charge in [0.25, 0.3) is 0 Å². The molecular formula is C11H18N4. The van der Waals surface area contributed by atoms with Crippen molar-refractivity contribution < 1.29 is 0 Å². The van der Waals surface area contributed by atoms with E-state index < -0.39 is 0 Å². The monoisotopic (exact) mass is 206 g/mol. The van der Waals surface area contributed by atoms with Crippen LogP contribution in [0.25, 0.3) is 0 Å². The van der Waals surface area contributed by atoms with Crippen LogP contribution in [0.2, 0.25) is 0 Å². The van der Waals surface area contributed by atoms with Gasteiger partial charge in [0, 0.05) is 38.4 Å². The molecule has 0 atom stereocenters. The topological polar surface area (TPSA) is 53.3 Å². The molecule has 1 aromatic rings. The minimum absolute atomic E-state index is 0.724. The van der Waals surface area contributed by atoms with Crippen LogP contribution in [-0.4, -0.2) is 26.2 Å². The van der Waals surface area contributed by atoms with Gasteiger partial charge in [0.05, 0.1) is 0 Å². The first-order valence-electron chi connectivity index (χ1n) is 5.38. The average Bonchev–Trinajstić information content (AvgIpc) is 2.32. The Bertz CT molecular complexity index is 290. The van der Waals surface area contributed by atoms with E-state index in [1.54, 1.807) is 0 Å². The molecular weight excluding hydrogens is 188 g/mol. The first kappa shape index (κ1) is 10.4. The van der Waals surface area contributed by atoms with Crippen LogP contribution in [0.3, 0.4) is 0 Å². The van der Waals surface area contributed by atoms with E-state index >= 15 is 0 Å².